The maximum atomic E-state index is 12.0. The second-order valence-electron chi connectivity index (χ2n) is 6.47. The second-order valence-corrected chi connectivity index (χ2v) is 6.91. The van der Waals surface area contributed by atoms with Crippen LogP contribution in [0.4, 0.5) is 5.69 Å². The van der Waals surface area contributed by atoms with Gasteiger partial charge in [-0.1, -0.05) is 53.6 Å². The Hall–Kier alpha value is -3.64. The van der Waals surface area contributed by atoms with Crippen LogP contribution in [0.3, 0.4) is 0 Å². The number of carbonyl (C=O) groups is 2. The molecule has 0 aromatic heterocycles. The number of anilines is 1. The highest BCUT2D eigenvalue weighted by molar-refractivity contribution is 6.39. The lowest BCUT2D eigenvalue weighted by Crippen LogP contribution is -2.32. The third-order valence-corrected chi connectivity index (χ3v) is 4.36. The molecular weight excluding hydrogens is 402 g/mol. The molecule has 0 aliphatic heterocycles. The number of hydrazone groups is 1. The minimum absolute atomic E-state index is 0.355. The largest absolute Gasteiger partial charge is 0.488 e. The molecule has 152 valence electrons. The molecule has 3 rings (SSSR count). The number of carbonyl (C=O) groups excluding carboxylic acids is 2. The minimum atomic E-state index is -0.869. The van der Waals surface area contributed by atoms with Crippen LogP contribution in [0.1, 0.15) is 16.7 Å². The van der Waals surface area contributed by atoms with Gasteiger partial charge in [-0.05, 0) is 48.9 Å². The van der Waals surface area contributed by atoms with E-state index in [2.05, 4.69) is 15.8 Å². The van der Waals surface area contributed by atoms with Gasteiger partial charge in [0.1, 0.15) is 12.4 Å². The van der Waals surface area contributed by atoms with Crippen molar-refractivity contribution in [3.05, 3.63) is 94.5 Å². The quantitative estimate of drug-likeness (QED) is 0.353. The number of nitrogens with one attached hydrogen (secondary N) is 2. The lowest BCUT2D eigenvalue weighted by molar-refractivity contribution is -0.136. The number of ether oxygens (including phenoxy) is 1. The van der Waals surface area contributed by atoms with Crippen molar-refractivity contribution < 1.29 is 14.3 Å². The van der Waals surface area contributed by atoms with Crippen LogP contribution in [-0.4, -0.2) is 18.0 Å². The van der Waals surface area contributed by atoms with E-state index < -0.39 is 11.8 Å². The van der Waals surface area contributed by atoms with E-state index in [0.29, 0.717) is 28.6 Å². The number of para-hydroxylation sites is 1. The van der Waals surface area contributed by atoms with Gasteiger partial charge in [0.25, 0.3) is 0 Å². The summed E-state index contributed by atoms with van der Waals surface area (Å²) in [6.45, 7) is 2.29. The lowest BCUT2D eigenvalue weighted by atomic mass is 10.2. The van der Waals surface area contributed by atoms with Gasteiger partial charge >= 0.3 is 11.8 Å². The van der Waals surface area contributed by atoms with Crippen LogP contribution in [0.15, 0.2) is 77.9 Å². The molecule has 7 heteroatoms. The third-order valence-electron chi connectivity index (χ3n) is 4.11. The van der Waals surface area contributed by atoms with Gasteiger partial charge in [0.2, 0.25) is 0 Å². The van der Waals surface area contributed by atoms with Gasteiger partial charge in [-0.15, -0.1) is 0 Å². The van der Waals surface area contributed by atoms with Crippen molar-refractivity contribution in [2.75, 3.05) is 5.32 Å². The average Bonchev–Trinajstić information content (AvgIpc) is 2.75. The lowest BCUT2D eigenvalue weighted by Gasteiger charge is -2.09. The Balaban J connectivity index is 1.56. The van der Waals surface area contributed by atoms with Crippen molar-refractivity contribution in [1.29, 1.82) is 0 Å². The first kappa shape index (κ1) is 21.1. The molecule has 6 nitrogen and oxygen atoms in total. The van der Waals surface area contributed by atoms with Crippen molar-refractivity contribution >= 4 is 35.3 Å². The predicted molar refractivity (Wildman–Crippen MR) is 118 cm³/mol. The van der Waals surface area contributed by atoms with Crippen molar-refractivity contribution in [1.82, 2.24) is 5.43 Å². The van der Waals surface area contributed by atoms with E-state index in [4.69, 9.17) is 16.3 Å². The van der Waals surface area contributed by atoms with E-state index in [1.165, 1.54) is 6.21 Å². The maximum absolute atomic E-state index is 12.0. The highest BCUT2D eigenvalue weighted by Gasteiger charge is 2.12. The monoisotopic (exact) mass is 421 g/mol. The summed E-state index contributed by atoms with van der Waals surface area (Å²) in [5, 5.41) is 7.04. The maximum Gasteiger partial charge on any atom is 0.329 e. The molecule has 2 amide bonds. The number of nitrogens with zero attached hydrogens (tertiary/aromatic N) is 1. The highest BCUT2D eigenvalue weighted by atomic mass is 35.5. The van der Waals surface area contributed by atoms with E-state index >= 15 is 0 Å². The van der Waals surface area contributed by atoms with Crippen LogP contribution >= 0.6 is 11.6 Å². The molecule has 0 aliphatic carbocycles. The predicted octanol–water partition coefficient (Wildman–Crippen LogP) is 4.32. The number of hydrogen-bond acceptors (Lipinski definition) is 4. The number of halogens is 1. The van der Waals surface area contributed by atoms with Crippen molar-refractivity contribution in [3.63, 3.8) is 0 Å². The fourth-order valence-electron chi connectivity index (χ4n) is 2.50. The molecular formula is C23H20ClN3O3. The fraction of sp³-hybridized carbons (Fsp3) is 0.0870. The summed E-state index contributed by atoms with van der Waals surface area (Å²) in [5.41, 5.74) is 5.43. The second kappa shape index (κ2) is 10.2. The number of aryl methyl sites for hydroxylation is 1. The van der Waals surface area contributed by atoms with Crippen molar-refractivity contribution in [2.45, 2.75) is 13.5 Å². The van der Waals surface area contributed by atoms with E-state index in [1.807, 2.05) is 43.3 Å². The average molecular weight is 422 g/mol. The van der Waals surface area contributed by atoms with Gasteiger partial charge < -0.3 is 10.1 Å². The summed E-state index contributed by atoms with van der Waals surface area (Å²) in [4.78, 5) is 23.9. The zero-order valence-electron chi connectivity index (χ0n) is 16.3. The topological polar surface area (TPSA) is 79.8 Å². The van der Waals surface area contributed by atoms with Gasteiger partial charge in [-0.3, -0.25) is 9.59 Å². The molecule has 0 bridgehead atoms. The Kier molecular flexibility index (Phi) is 7.19. The van der Waals surface area contributed by atoms with Crippen LogP contribution in [0.5, 0.6) is 5.75 Å². The van der Waals surface area contributed by atoms with E-state index in [0.717, 1.165) is 11.1 Å². The van der Waals surface area contributed by atoms with E-state index in [-0.39, 0.29) is 0 Å². The van der Waals surface area contributed by atoms with Crippen LogP contribution in [-0.2, 0) is 16.2 Å². The standard InChI is InChI=1S/C23H20ClN3O3/c1-16-6-12-20(13-7-16)26-22(28)23(29)27-25-14-18-4-2-3-5-21(18)30-15-17-8-10-19(24)11-9-17/h2-14H,15H2,1H3,(H,26,28)(H,27,29)/b25-14-. The summed E-state index contributed by atoms with van der Waals surface area (Å²) in [6, 6.07) is 21.7. The first-order valence-electron chi connectivity index (χ1n) is 9.18. The van der Waals surface area contributed by atoms with Gasteiger partial charge in [0.15, 0.2) is 0 Å². The van der Waals surface area contributed by atoms with Crippen LogP contribution < -0.4 is 15.5 Å². The molecule has 0 fully saturated rings. The van der Waals surface area contributed by atoms with Gasteiger partial charge in [-0.25, -0.2) is 5.43 Å². The van der Waals surface area contributed by atoms with Crippen LogP contribution in [0, 0.1) is 6.92 Å². The molecule has 0 atom stereocenters. The molecule has 3 aromatic rings. The van der Waals surface area contributed by atoms with Gasteiger partial charge in [-0.2, -0.15) is 5.10 Å². The van der Waals surface area contributed by atoms with Crippen molar-refractivity contribution in [2.24, 2.45) is 5.10 Å². The Morgan fingerprint density at radius 3 is 2.40 bits per heavy atom. The highest BCUT2D eigenvalue weighted by Crippen LogP contribution is 2.18. The molecule has 0 unspecified atom stereocenters. The normalized spacial score (nSPS) is 10.6. The molecule has 3 aromatic carbocycles. The minimum Gasteiger partial charge on any atom is -0.488 e. The first-order chi connectivity index (χ1) is 14.5. The summed E-state index contributed by atoms with van der Waals surface area (Å²) in [6.07, 6.45) is 1.42. The number of hydrogen-bond donors (Lipinski definition) is 2. The molecule has 0 saturated carbocycles. The number of benzene rings is 3. The summed E-state index contributed by atoms with van der Waals surface area (Å²) in [5.74, 6) is -1.08. The Morgan fingerprint density at radius 1 is 0.967 bits per heavy atom. The van der Waals surface area contributed by atoms with Gasteiger partial charge in [0.05, 0.1) is 6.21 Å². The molecule has 0 aliphatic rings. The summed E-state index contributed by atoms with van der Waals surface area (Å²) < 4.78 is 5.83. The molecule has 0 spiro atoms. The smallest absolute Gasteiger partial charge is 0.329 e. The molecule has 0 radical (unpaired) electrons. The molecule has 0 heterocycles. The molecule has 2 N–H and O–H groups in total. The number of amides is 2. The summed E-state index contributed by atoms with van der Waals surface area (Å²) in [7, 11) is 0. The Bertz CT molecular complexity index is 1050. The van der Waals surface area contributed by atoms with Crippen molar-refractivity contribution in [3.8, 4) is 5.75 Å². The van der Waals surface area contributed by atoms with E-state index in [1.54, 1.807) is 36.4 Å². The zero-order chi connectivity index (χ0) is 21.3. The zero-order valence-corrected chi connectivity index (χ0v) is 17.0. The Labute approximate surface area is 179 Å². The van der Waals surface area contributed by atoms with Gasteiger partial charge in [0, 0.05) is 16.3 Å². The van der Waals surface area contributed by atoms with Crippen LogP contribution in [0.25, 0.3) is 0 Å². The Morgan fingerprint density at radius 2 is 1.67 bits per heavy atom. The molecule has 30 heavy (non-hydrogen) atoms. The SMILES string of the molecule is Cc1ccc(NC(=O)C(=O)N/N=C\c2ccccc2OCc2ccc(Cl)cc2)cc1. The molecule has 0 saturated heterocycles. The van der Waals surface area contributed by atoms with Crippen LogP contribution in [0.2, 0.25) is 5.02 Å². The van der Waals surface area contributed by atoms with E-state index in [9.17, 15) is 9.59 Å². The number of rotatable bonds is 6. The summed E-state index contributed by atoms with van der Waals surface area (Å²) >= 11 is 5.89. The first-order valence-corrected chi connectivity index (χ1v) is 9.56. The fourth-order valence-corrected chi connectivity index (χ4v) is 2.62. The third kappa shape index (κ3) is 6.18.